The summed E-state index contributed by atoms with van der Waals surface area (Å²) in [6, 6.07) is 19.3. The van der Waals surface area contributed by atoms with Gasteiger partial charge in [0.15, 0.2) is 0 Å². The van der Waals surface area contributed by atoms with Crippen molar-refractivity contribution < 1.29 is 17.4 Å². The van der Waals surface area contributed by atoms with Crippen LogP contribution < -0.4 is 4.72 Å². The highest BCUT2D eigenvalue weighted by Gasteiger charge is 2.42. The third-order valence-electron chi connectivity index (χ3n) is 9.06. The second-order valence-corrected chi connectivity index (χ2v) is 24.8. The van der Waals surface area contributed by atoms with Gasteiger partial charge in [-0.1, -0.05) is 50.3 Å². The van der Waals surface area contributed by atoms with E-state index in [0.29, 0.717) is 35.4 Å². The molecule has 9 nitrogen and oxygen atoms in total. The zero-order valence-corrected chi connectivity index (χ0v) is 33.5. The van der Waals surface area contributed by atoms with Crippen molar-refractivity contribution in [2.24, 2.45) is 0 Å². The minimum atomic E-state index is -3.95. The second-order valence-electron chi connectivity index (χ2n) is 15.4. The van der Waals surface area contributed by atoms with E-state index in [0.717, 1.165) is 39.2 Å². The van der Waals surface area contributed by atoms with Crippen molar-refractivity contribution in [1.29, 1.82) is 5.26 Å². The monoisotopic (exact) mass is 731 g/mol. The lowest BCUT2D eigenvalue weighted by molar-refractivity contribution is 0.0857. The molecule has 5 rings (SSSR count). The molecule has 50 heavy (non-hydrogen) atoms. The fourth-order valence-electron chi connectivity index (χ4n) is 6.26. The zero-order valence-electron chi connectivity index (χ0n) is 30.8. The first-order valence-corrected chi connectivity index (χ1v) is 23.3. The Kier molecular flexibility index (Phi) is 10.4. The lowest BCUT2D eigenvalue weighted by Gasteiger charge is -2.36. The maximum Gasteiger partial charge on any atom is 0.268 e. The number of imidazole rings is 1. The summed E-state index contributed by atoms with van der Waals surface area (Å²) < 4.78 is 55.0. The molecule has 2 atom stereocenters. The number of fused-ring (bicyclic) bond motifs is 2. The summed E-state index contributed by atoms with van der Waals surface area (Å²) in [4.78, 5) is 5.37. The second kappa shape index (κ2) is 13.8. The van der Waals surface area contributed by atoms with Crippen LogP contribution in [0.5, 0.6) is 0 Å². The Hall–Kier alpha value is -3.60. The molecule has 0 fully saturated rings. The van der Waals surface area contributed by atoms with Gasteiger partial charge in [-0.05, 0) is 107 Å². The maximum absolute atomic E-state index is 14.2. The molecule has 2 heterocycles. The van der Waals surface area contributed by atoms with Gasteiger partial charge in [0.05, 0.1) is 48.8 Å². The van der Waals surface area contributed by atoms with Crippen LogP contribution in [0, 0.1) is 25.2 Å². The number of nitrogens with one attached hydrogen (secondary N) is 1. The van der Waals surface area contributed by atoms with Crippen LogP contribution in [0.2, 0.25) is 25.7 Å². The molecular weight excluding hydrogens is 683 g/mol. The minimum Gasteiger partial charge on any atom is -0.361 e. The number of hydrogen-bond acceptors (Lipinski definition) is 6. The largest absolute Gasteiger partial charge is 0.361 e. The van der Waals surface area contributed by atoms with Gasteiger partial charge in [-0.25, -0.2) is 26.3 Å². The van der Waals surface area contributed by atoms with Gasteiger partial charge in [0.25, 0.3) is 10.0 Å². The number of aromatic nitrogens is 3. The van der Waals surface area contributed by atoms with E-state index in [2.05, 4.69) is 37.4 Å². The Morgan fingerprint density at radius 1 is 1.02 bits per heavy atom. The molecule has 266 valence electrons. The van der Waals surface area contributed by atoms with E-state index in [4.69, 9.17) is 9.72 Å². The molecule has 0 bridgehead atoms. The fraction of sp³-hybridized carbons (Fsp3) is 0.421. The Morgan fingerprint density at radius 2 is 1.70 bits per heavy atom. The molecule has 0 aliphatic carbocycles. The van der Waals surface area contributed by atoms with Crippen molar-refractivity contribution in [3.8, 4) is 6.07 Å². The maximum atomic E-state index is 14.2. The van der Waals surface area contributed by atoms with Crippen LogP contribution in [0.25, 0.3) is 21.9 Å². The molecule has 1 N–H and O–H groups in total. The van der Waals surface area contributed by atoms with Crippen LogP contribution in [0.4, 0.5) is 0 Å². The Labute approximate surface area is 300 Å². The summed E-state index contributed by atoms with van der Waals surface area (Å²) in [5, 5.41) is 10.5. The Bertz CT molecular complexity index is 2240. The number of nitrogens with zero attached hydrogens (tertiary/aromatic N) is 4. The lowest BCUT2D eigenvalue weighted by Crippen LogP contribution is -2.49. The summed E-state index contributed by atoms with van der Waals surface area (Å²) in [5.41, 5.74) is 4.76. The molecule has 0 radical (unpaired) electrons. The van der Waals surface area contributed by atoms with Crippen molar-refractivity contribution in [1.82, 2.24) is 18.2 Å². The first-order valence-electron chi connectivity index (χ1n) is 17.0. The summed E-state index contributed by atoms with van der Waals surface area (Å²) in [5.74, 6) is 0.558. The molecule has 0 saturated heterocycles. The van der Waals surface area contributed by atoms with Gasteiger partial charge in [-0.15, -0.1) is 0 Å². The topological polar surface area (TPSA) is 119 Å². The highest BCUT2D eigenvalue weighted by molar-refractivity contribution is 7.90. The first kappa shape index (κ1) is 37.6. The number of benzene rings is 3. The van der Waals surface area contributed by atoms with E-state index in [1.54, 1.807) is 36.5 Å². The average molecular weight is 732 g/mol. The van der Waals surface area contributed by atoms with Crippen molar-refractivity contribution in [2.45, 2.75) is 102 Å². The van der Waals surface area contributed by atoms with Gasteiger partial charge < -0.3 is 9.30 Å². The third kappa shape index (κ3) is 7.25. The predicted octanol–water partition coefficient (Wildman–Crippen LogP) is 7.91. The van der Waals surface area contributed by atoms with Crippen molar-refractivity contribution in [3.63, 3.8) is 0 Å². The quantitative estimate of drug-likeness (QED) is 0.103. The minimum absolute atomic E-state index is 0.171. The van der Waals surface area contributed by atoms with Crippen molar-refractivity contribution in [2.75, 3.05) is 6.61 Å². The molecule has 5 aromatic rings. The molecule has 3 aromatic carbocycles. The first-order chi connectivity index (χ1) is 23.3. The van der Waals surface area contributed by atoms with E-state index in [1.165, 1.54) is 3.97 Å². The number of nitriles is 1. The standard InChI is InChI=1S/C38H49N5O4S2Si/c1-11-29-22-27(3)35-31(18-19-43(35)49(45,46)30-15-12-26(2)13-16-30)34(29)38(7,41-48(44)37(4,5)6)36-40-32-17-14-28(24-39)23-33(32)42(36)25-47-20-21-50(8,9)10/h12-19,22-23,41H,11,20-21,25H2,1-10H3. The van der Waals surface area contributed by atoms with Gasteiger partial charge in [0.2, 0.25) is 0 Å². The normalized spacial score (nSPS) is 14.6. The molecule has 0 spiro atoms. The molecule has 0 aliphatic heterocycles. The van der Waals surface area contributed by atoms with E-state index in [1.807, 2.05) is 70.4 Å². The number of rotatable bonds is 12. The average Bonchev–Trinajstić information content (AvgIpc) is 3.65. The molecule has 12 heteroatoms. The molecule has 2 aromatic heterocycles. The van der Waals surface area contributed by atoms with Gasteiger partial charge >= 0.3 is 0 Å². The third-order valence-corrected chi connectivity index (χ3v) is 14.2. The number of hydrogen-bond donors (Lipinski definition) is 1. The van der Waals surface area contributed by atoms with E-state index >= 15 is 0 Å². The van der Waals surface area contributed by atoms with Gasteiger partial charge in [0.1, 0.15) is 18.1 Å². The van der Waals surface area contributed by atoms with Crippen LogP contribution >= 0.6 is 0 Å². The lowest BCUT2D eigenvalue weighted by atomic mass is 9.83. The summed E-state index contributed by atoms with van der Waals surface area (Å²) >= 11 is 0. The molecule has 0 saturated carbocycles. The highest BCUT2D eigenvalue weighted by Crippen LogP contribution is 2.41. The van der Waals surface area contributed by atoms with Crippen LogP contribution in [0.1, 0.15) is 68.3 Å². The van der Waals surface area contributed by atoms with Crippen molar-refractivity contribution >= 4 is 51.0 Å². The predicted molar refractivity (Wildman–Crippen MR) is 206 cm³/mol. The smallest absolute Gasteiger partial charge is 0.268 e. The van der Waals surface area contributed by atoms with Gasteiger partial charge in [-0.2, -0.15) is 5.26 Å². The fourth-order valence-corrected chi connectivity index (χ4v) is 9.29. The van der Waals surface area contributed by atoms with Crippen LogP contribution in [0.15, 0.2) is 65.7 Å². The van der Waals surface area contributed by atoms with E-state index in [9.17, 15) is 17.9 Å². The van der Waals surface area contributed by atoms with E-state index in [-0.39, 0.29) is 11.6 Å². The molecule has 0 amide bonds. The van der Waals surface area contributed by atoms with Crippen LogP contribution in [0.3, 0.4) is 0 Å². The molecule has 2 unspecified atom stereocenters. The zero-order chi connectivity index (χ0) is 36.8. The number of ether oxygens (including phenoxy) is 1. The van der Waals surface area contributed by atoms with Gasteiger partial charge in [-0.3, -0.25) is 0 Å². The van der Waals surface area contributed by atoms with E-state index < -0.39 is 39.4 Å². The highest BCUT2D eigenvalue weighted by atomic mass is 32.2. The number of aryl methyl sites for hydroxylation is 3. The summed E-state index contributed by atoms with van der Waals surface area (Å²) in [6.45, 7) is 21.3. The van der Waals surface area contributed by atoms with Crippen LogP contribution in [-0.2, 0) is 44.4 Å². The Balaban J connectivity index is 1.83. The Morgan fingerprint density at radius 3 is 2.30 bits per heavy atom. The summed E-state index contributed by atoms with van der Waals surface area (Å²) in [6.07, 6.45) is 2.24. The summed E-state index contributed by atoms with van der Waals surface area (Å²) in [7, 11) is -6.91. The molecule has 0 aliphatic rings. The van der Waals surface area contributed by atoms with Crippen molar-refractivity contribution in [3.05, 3.63) is 94.4 Å². The van der Waals surface area contributed by atoms with Crippen LogP contribution in [-0.4, -0.2) is 45.6 Å². The SMILES string of the molecule is CCc1cc(C)c2c(ccn2S(=O)(=O)c2ccc(C)cc2)c1C(C)(NS(=O)C(C)(C)C)c1nc2ccc(C#N)cc2n1COCC[Si](C)(C)C. The molecular formula is C38H49N5O4S2Si. The van der Waals surface area contributed by atoms with Gasteiger partial charge in [0, 0.05) is 26.3 Å².